The van der Waals surface area contributed by atoms with Gasteiger partial charge in [-0.15, -0.1) is 0 Å². The zero-order valence-electron chi connectivity index (χ0n) is 20.8. The van der Waals surface area contributed by atoms with Crippen LogP contribution in [0.25, 0.3) is 0 Å². The third-order valence-corrected chi connectivity index (χ3v) is 8.02. The molecule has 3 aliphatic rings. The molecule has 1 aromatic carbocycles. The van der Waals surface area contributed by atoms with Gasteiger partial charge < -0.3 is 19.9 Å². The minimum absolute atomic E-state index is 0.324. The van der Waals surface area contributed by atoms with Gasteiger partial charge in [0.2, 0.25) is 5.91 Å². The van der Waals surface area contributed by atoms with E-state index in [1.807, 2.05) is 0 Å². The number of hydrogen-bond donors (Lipinski definition) is 1. The van der Waals surface area contributed by atoms with E-state index < -0.39 is 0 Å². The van der Waals surface area contributed by atoms with Crippen LogP contribution in [0.5, 0.6) is 0 Å². The molecule has 0 saturated carbocycles. The molecule has 6 nitrogen and oxygen atoms in total. The van der Waals surface area contributed by atoms with E-state index in [9.17, 15) is 4.79 Å². The summed E-state index contributed by atoms with van der Waals surface area (Å²) in [7, 11) is 3.90. The Morgan fingerprint density at radius 3 is 2.73 bits per heavy atom. The van der Waals surface area contributed by atoms with Crippen LogP contribution in [-0.4, -0.2) is 92.7 Å². The van der Waals surface area contributed by atoms with Gasteiger partial charge in [-0.25, -0.2) is 0 Å². The fourth-order valence-corrected chi connectivity index (χ4v) is 6.21. The van der Waals surface area contributed by atoms with Crippen molar-refractivity contribution in [1.82, 2.24) is 20.0 Å². The number of ether oxygens (including phenoxy) is 1. The second-order valence-corrected chi connectivity index (χ2v) is 10.6. The van der Waals surface area contributed by atoms with Crippen LogP contribution in [0.3, 0.4) is 0 Å². The number of amides is 1. The summed E-state index contributed by atoms with van der Waals surface area (Å²) < 4.78 is 5.31. The van der Waals surface area contributed by atoms with Gasteiger partial charge in [0, 0.05) is 51.8 Å². The number of carbonyl (C=O) groups excluding carboxylic acids is 1. The van der Waals surface area contributed by atoms with Crippen LogP contribution in [0, 0.1) is 11.8 Å². The number of nitrogens with one attached hydrogen (secondary N) is 1. The third kappa shape index (κ3) is 7.01. The zero-order chi connectivity index (χ0) is 23.0. The summed E-state index contributed by atoms with van der Waals surface area (Å²) in [4.78, 5) is 20.3. The Morgan fingerprint density at radius 2 is 1.97 bits per heavy atom. The Hall–Kier alpha value is -1.47. The van der Waals surface area contributed by atoms with Gasteiger partial charge in [0.1, 0.15) is 0 Å². The van der Waals surface area contributed by atoms with Gasteiger partial charge in [-0.3, -0.25) is 9.69 Å². The van der Waals surface area contributed by atoms with E-state index in [0.717, 1.165) is 64.3 Å². The summed E-state index contributed by atoms with van der Waals surface area (Å²) in [6.07, 6.45) is 6.25. The minimum Gasteiger partial charge on any atom is -0.383 e. The molecule has 0 aromatic heterocycles. The van der Waals surface area contributed by atoms with E-state index in [4.69, 9.17) is 4.74 Å². The zero-order valence-corrected chi connectivity index (χ0v) is 20.8. The Labute approximate surface area is 200 Å². The van der Waals surface area contributed by atoms with E-state index >= 15 is 0 Å². The molecule has 1 amide bonds. The molecule has 3 fully saturated rings. The van der Waals surface area contributed by atoms with E-state index in [0.29, 0.717) is 36.9 Å². The summed E-state index contributed by atoms with van der Waals surface area (Å²) >= 11 is 0. The van der Waals surface area contributed by atoms with Crippen molar-refractivity contribution in [2.24, 2.45) is 11.8 Å². The number of piperidine rings is 3. The predicted octanol–water partition coefficient (Wildman–Crippen LogP) is 2.84. The van der Waals surface area contributed by atoms with E-state index in [2.05, 4.69) is 57.4 Å². The quantitative estimate of drug-likeness (QED) is 0.587. The molecule has 0 radical (unpaired) electrons. The van der Waals surface area contributed by atoms with Crippen molar-refractivity contribution >= 4 is 5.91 Å². The summed E-state index contributed by atoms with van der Waals surface area (Å²) in [5.74, 6) is 1.79. The number of nitrogens with zero attached hydrogens (tertiary/aromatic N) is 3. The first-order valence-corrected chi connectivity index (χ1v) is 13.1. The average Bonchev–Trinajstić information content (AvgIpc) is 2.82. The lowest BCUT2D eigenvalue weighted by atomic mass is 9.79. The number of likely N-dealkylation sites (tertiary alicyclic amines) is 2. The van der Waals surface area contributed by atoms with Crippen LogP contribution in [-0.2, 0) is 16.1 Å². The Kier molecular flexibility index (Phi) is 9.18. The predicted molar refractivity (Wildman–Crippen MR) is 133 cm³/mol. The first-order chi connectivity index (χ1) is 16.1. The van der Waals surface area contributed by atoms with Crippen molar-refractivity contribution in [2.75, 3.05) is 60.0 Å². The lowest BCUT2D eigenvalue weighted by Crippen LogP contribution is -2.55. The van der Waals surface area contributed by atoms with Crippen molar-refractivity contribution in [3.05, 3.63) is 35.9 Å². The number of carbonyl (C=O) groups is 1. The molecule has 3 atom stereocenters. The van der Waals surface area contributed by atoms with Crippen molar-refractivity contribution in [1.29, 1.82) is 0 Å². The number of rotatable bonds is 10. The number of benzene rings is 1. The van der Waals surface area contributed by atoms with Gasteiger partial charge in [0.15, 0.2) is 0 Å². The Morgan fingerprint density at radius 1 is 1.18 bits per heavy atom. The fraction of sp³-hybridized carbons (Fsp3) is 0.741. The highest BCUT2D eigenvalue weighted by atomic mass is 16.5. The fourth-order valence-electron chi connectivity index (χ4n) is 6.21. The van der Waals surface area contributed by atoms with Crippen molar-refractivity contribution in [3.8, 4) is 0 Å². The molecule has 4 rings (SSSR count). The van der Waals surface area contributed by atoms with Crippen molar-refractivity contribution in [3.63, 3.8) is 0 Å². The van der Waals surface area contributed by atoms with Crippen LogP contribution in [0.2, 0.25) is 0 Å². The maximum Gasteiger partial charge on any atom is 0.222 e. The molecule has 0 unspecified atom stereocenters. The van der Waals surface area contributed by atoms with Crippen LogP contribution in [0.1, 0.15) is 44.1 Å². The lowest BCUT2D eigenvalue weighted by Gasteiger charge is -2.46. The highest BCUT2D eigenvalue weighted by molar-refractivity contribution is 5.76. The molecular weight excluding hydrogens is 412 g/mol. The van der Waals surface area contributed by atoms with Gasteiger partial charge in [0.05, 0.1) is 6.61 Å². The normalized spacial score (nSPS) is 26.9. The van der Waals surface area contributed by atoms with Gasteiger partial charge in [-0.05, 0) is 76.2 Å². The van der Waals surface area contributed by atoms with Crippen LogP contribution in [0.4, 0.5) is 0 Å². The summed E-state index contributed by atoms with van der Waals surface area (Å²) in [5.41, 5.74) is 1.41. The molecule has 184 valence electrons. The largest absolute Gasteiger partial charge is 0.383 e. The molecule has 3 saturated heterocycles. The molecular formula is C27H44N4O2. The van der Waals surface area contributed by atoms with E-state index in [1.165, 1.54) is 25.1 Å². The summed E-state index contributed by atoms with van der Waals surface area (Å²) in [5, 5.41) is 3.83. The first kappa shape index (κ1) is 24.6. The Bertz CT molecular complexity index is 722. The first-order valence-electron chi connectivity index (χ1n) is 13.1. The molecule has 1 N–H and O–H groups in total. The maximum absolute atomic E-state index is 13.2. The lowest BCUT2D eigenvalue weighted by molar-refractivity contribution is -0.135. The van der Waals surface area contributed by atoms with Gasteiger partial charge >= 0.3 is 0 Å². The van der Waals surface area contributed by atoms with E-state index in [-0.39, 0.29) is 0 Å². The van der Waals surface area contributed by atoms with Crippen molar-refractivity contribution < 1.29 is 9.53 Å². The molecule has 3 heterocycles. The molecule has 33 heavy (non-hydrogen) atoms. The third-order valence-electron chi connectivity index (χ3n) is 8.02. The summed E-state index contributed by atoms with van der Waals surface area (Å²) in [6.45, 7) is 8.07. The summed E-state index contributed by atoms with van der Waals surface area (Å²) in [6, 6.07) is 11.8. The average molecular weight is 457 g/mol. The van der Waals surface area contributed by atoms with Crippen LogP contribution >= 0.6 is 0 Å². The smallest absolute Gasteiger partial charge is 0.222 e. The Balaban J connectivity index is 1.25. The van der Waals surface area contributed by atoms with Gasteiger partial charge in [-0.1, -0.05) is 30.3 Å². The molecule has 0 spiro atoms. The van der Waals surface area contributed by atoms with Gasteiger partial charge in [0.25, 0.3) is 0 Å². The number of hydrogen-bond acceptors (Lipinski definition) is 5. The van der Waals surface area contributed by atoms with Crippen molar-refractivity contribution in [2.45, 2.75) is 57.2 Å². The molecule has 3 aliphatic heterocycles. The molecule has 0 aliphatic carbocycles. The van der Waals surface area contributed by atoms with Crippen LogP contribution in [0.15, 0.2) is 30.3 Å². The van der Waals surface area contributed by atoms with Gasteiger partial charge in [-0.2, -0.15) is 0 Å². The standard InChI is InChI=1S/C27H44N4O2/c1-29-13-11-25(12-14-29)31(15-16-33-2)27(32)10-6-9-26-24-17-23(18-28-26)20-30(21-24)19-22-7-4-3-5-8-22/h3-5,7-8,23-26,28H,6,9-21H2,1-2H3/t23-,24+,26+/m0/s1. The molecule has 2 bridgehead atoms. The highest BCUT2D eigenvalue weighted by Crippen LogP contribution is 2.31. The second kappa shape index (κ2) is 12.3. The monoisotopic (exact) mass is 456 g/mol. The maximum atomic E-state index is 13.2. The molecule has 1 aromatic rings. The van der Waals surface area contributed by atoms with E-state index in [1.54, 1.807) is 7.11 Å². The van der Waals surface area contributed by atoms with Crippen LogP contribution < -0.4 is 5.32 Å². The SMILES string of the molecule is COCCN(C(=O)CCC[C@H]1NC[C@@H]2C[C@@H]1CN(Cc1ccccc1)C2)C1CCN(C)CC1. The highest BCUT2D eigenvalue weighted by Gasteiger charge is 2.36. The molecule has 6 heteroatoms. The number of fused-ring (bicyclic) bond motifs is 2. The minimum atomic E-state index is 0.324. The topological polar surface area (TPSA) is 48.1 Å². The number of methoxy groups -OCH3 is 1. The second-order valence-electron chi connectivity index (χ2n) is 10.6.